The summed E-state index contributed by atoms with van der Waals surface area (Å²) in [6.45, 7) is 5.28. The summed E-state index contributed by atoms with van der Waals surface area (Å²) in [5.74, 6) is -0.102. The molecule has 232 valence electrons. The van der Waals surface area contributed by atoms with Crippen LogP contribution in [0.1, 0.15) is 29.8 Å². The summed E-state index contributed by atoms with van der Waals surface area (Å²) in [6, 6.07) is 16.2. The third kappa shape index (κ3) is 7.12. The first-order chi connectivity index (χ1) is 20.3. The maximum absolute atomic E-state index is 13.7. The van der Waals surface area contributed by atoms with Crippen molar-refractivity contribution in [2.24, 2.45) is 5.92 Å². The molecular formula is C30H37N3O8S2. The molecule has 43 heavy (non-hydrogen) atoms. The van der Waals surface area contributed by atoms with Crippen molar-refractivity contribution in [3.05, 3.63) is 77.9 Å². The Hall–Kier alpha value is -3.65. The van der Waals surface area contributed by atoms with E-state index in [2.05, 4.69) is 4.72 Å². The first-order valence-corrected chi connectivity index (χ1v) is 16.6. The second-order valence-corrected chi connectivity index (χ2v) is 14.4. The fourth-order valence-electron chi connectivity index (χ4n) is 4.71. The van der Waals surface area contributed by atoms with Gasteiger partial charge in [-0.05, 0) is 68.4 Å². The van der Waals surface area contributed by atoms with Crippen LogP contribution >= 0.6 is 0 Å². The first-order valence-electron chi connectivity index (χ1n) is 13.7. The Bertz CT molecular complexity index is 1660. The highest BCUT2D eigenvalue weighted by Gasteiger charge is 2.35. The zero-order valence-corrected chi connectivity index (χ0v) is 26.4. The SMILES string of the molecule is COc1ccc(S(=O)(=O)Nc2ccc3c(c2)C(=O)N([C@@H](C)CO)C[C@H](C)[C@@H](CN(C)S(=O)(=O)c2ccc(C)cc2)O3)cc1. The number of hydrogen-bond acceptors (Lipinski definition) is 8. The van der Waals surface area contributed by atoms with Crippen LogP contribution in [-0.2, 0) is 20.0 Å². The van der Waals surface area contributed by atoms with Crippen LogP contribution in [0.2, 0.25) is 0 Å². The van der Waals surface area contributed by atoms with Crippen molar-refractivity contribution in [3.8, 4) is 11.5 Å². The smallest absolute Gasteiger partial charge is 0.261 e. The number of rotatable bonds is 10. The summed E-state index contributed by atoms with van der Waals surface area (Å²) in [7, 11) is -4.88. The predicted molar refractivity (Wildman–Crippen MR) is 162 cm³/mol. The topological polar surface area (TPSA) is 143 Å². The molecule has 0 unspecified atom stereocenters. The molecule has 0 radical (unpaired) electrons. The molecule has 1 aliphatic rings. The average molecular weight is 632 g/mol. The molecule has 0 aliphatic carbocycles. The number of sulfonamides is 2. The lowest BCUT2D eigenvalue weighted by molar-refractivity contribution is 0.0387. The van der Waals surface area contributed by atoms with E-state index in [9.17, 15) is 26.7 Å². The fourth-order valence-corrected chi connectivity index (χ4v) is 6.95. The second-order valence-electron chi connectivity index (χ2n) is 10.7. The Morgan fingerprint density at radius 1 is 1.05 bits per heavy atom. The fraction of sp³-hybridized carbons (Fsp3) is 0.367. The van der Waals surface area contributed by atoms with Gasteiger partial charge in [0.05, 0.1) is 41.7 Å². The number of aryl methyl sites for hydroxylation is 1. The van der Waals surface area contributed by atoms with Gasteiger partial charge in [0.15, 0.2) is 0 Å². The Balaban J connectivity index is 1.67. The zero-order chi connectivity index (χ0) is 31.5. The van der Waals surface area contributed by atoms with E-state index in [1.807, 2.05) is 13.8 Å². The van der Waals surface area contributed by atoms with Crippen molar-refractivity contribution in [2.75, 3.05) is 38.6 Å². The van der Waals surface area contributed by atoms with Crippen LogP contribution in [0.3, 0.4) is 0 Å². The maximum atomic E-state index is 13.7. The highest BCUT2D eigenvalue weighted by molar-refractivity contribution is 7.92. The lowest BCUT2D eigenvalue weighted by Gasteiger charge is -2.38. The van der Waals surface area contributed by atoms with Gasteiger partial charge < -0.3 is 19.5 Å². The van der Waals surface area contributed by atoms with Crippen LogP contribution in [0.4, 0.5) is 5.69 Å². The van der Waals surface area contributed by atoms with Crippen LogP contribution in [0.15, 0.2) is 76.5 Å². The summed E-state index contributed by atoms with van der Waals surface area (Å²) < 4.78 is 67.9. The normalized spacial score (nSPS) is 18.3. The third-order valence-electron chi connectivity index (χ3n) is 7.45. The number of nitrogens with one attached hydrogen (secondary N) is 1. The van der Waals surface area contributed by atoms with E-state index >= 15 is 0 Å². The monoisotopic (exact) mass is 631 g/mol. The molecule has 13 heteroatoms. The van der Waals surface area contributed by atoms with Crippen molar-refractivity contribution < 1.29 is 36.2 Å². The van der Waals surface area contributed by atoms with Crippen LogP contribution in [0.5, 0.6) is 11.5 Å². The van der Waals surface area contributed by atoms with Gasteiger partial charge >= 0.3 is 0 Å². The second kappa shape index (κ2) is 12.9. The Labute approximate surface area is 253 Å². The number of anilines is 1. The number of hydrogen-bond donors (Lipinski definition) is 2. The van der Waals surface area contributed by atoms with Crippen LogP contribution in [-0.4, -0.2) is 83.1 Å². The molecule has 3 aromatic rings. The standard InChI is InChI=1S/C30H37N3O8S2/c1-20-6-11-26(12-7-20)43(38,39)32(4)18-29-21(2)17-33(22(3)19-34)30(35)27-16-23(8-15-28(27)41-29)31-42(36,37)25-13-9-24(40-5)10-14-25/h6-16,21-22,29,31,34H,17-19H2,1-5H3/t21-,22-,29+/m0/s1. The summed E-state index contributed by atoms with van der Waals surface area (Å²) in [5, 5.41) is 9.92. The molecule has 0 saturated carbocycles. The number of ether oxygens (including phenoxy) is 2. The molecule has 0 bridgehead atoms. The molecule has 11 nitrogen and oxygen atoms in total. The van der Waals surface area contributed by atoms with E-state index in [0.717, 1.165) is 5.56 Å². The van der Waals surface area contributed by atoms with Gasteiger partial charge in [-0.3, -0.25) is 9.52 Å². The highest BCUT2D eigenvalue weighted by atomic mass is 32.2. The number of carbonyl (C=O) groups is 1. The van der Waals surface area contributed by atoms with Crippen molar-refractivity contribution in [1.82, 2.24) is 9.21 Å². The molecule has 4 rings (SSSR count). The number of aliphatic hydroxyl groups excluding tert-OH is 1. The molecule has 1 heterocycles. The minimum Gasteiger partial charge on any atom is -0.497 e. The summed E-state index contributed by atoms with van der Waals surface area (Å²) >= 11 is 0. The van der Waals surface area contributed by atoms with Gasteiger partial charge in [-0.2, -0.15) is 4.31 Å². The zero-order valence-electron chi connectivity index (χ0n) is 24.7. The maximum Gasteiger partial charge on any atom is 0.261 e. The Morgan fingerprint density at radius 3 is 2.28 bits per heavy atom. The minimum atomic E-state index is -4.00. The number of likely N-dealkylation sites (N-methyl/N-ethyl adjacent to an activating group) is 1. The van der Waals surface area contributed by atoms with Gasteiger partial charge in [-0.15, -0.1) is 0 Å². The molecule has 0 aromatic heterocycles. The van der Waals surface area contributed by atoms with Gasteiger partial charge in [0.1, 0.15) is 17.6 Å². The lowest BCUT2D eigenvalue weighted by atomic mass is 9.99. The van der Waals surface area contributed by atoms with Crippen molar-refractivity contribution in [3.63, 3.8) is 0 Å². The molecule has 0 spiro atoms. The molecule has 2 N–H and O–H groups in total. The summed E-state index contributed by atoms with van der Waals surface area (Å²) in [5.41, 5.74) is 1.15. The van der Waals surface area contributed by atoms with E-state index < -0.39 is 38.1 Å². The summed E-state index contributed by atoms with van der Waals surface area (Å²) in [6.07, 6.45) is -0.674. The average Bonchev–Trinajstić information content (AvgIpc) is 2.98. The number of nitrogens with zero attached hydrogens (tertiary/aromatic N) is 2. The number of amides is 1. The molecule has 1 aliphatic heterocycles. The predicted octanol–water partition coefficient (Wildman–Crippen LogP) is 3.35. The molecule has 0 saturated heterocycles. The van der Waals surface area contributed by atoms with E-state index in [-0.39, 0.29) is 52.4 Å². The van der Waals surface area contributed by atoms with Gasteiger partial charge in [-0.1, -0.05) is 24.6 Å². The van der Waals surface area contributed by atoms with Gasteiger partial charge in [0, 0.05) is 25.2 Å². The quantitative estimate of drug-likeness (QED) is 0.347. The number of aliphatic hydroxyl groups is 1. The minimum absolute atomic E-state index is 0.00450. The van der Waals surface area contributed by atoms with Gasteiger partial charge in [-0.25, -0.2) is 16.8 Å². The lowest BCUT2D eigenvalue weighted by Crippen LogP contribution is -2.50. The Kier molecular flexibility index (Phi) is 9.70. The highest BCUT2D eigenvalue weighted by Crippen LogP contribution is 2.32. The van der Waals surface area contributed by atoms with Crippen molar-refractivity contribution in [1.29, 1.82) is 0 Å². The van der Waals surface area contributed by atoms with E-state index in [4.69, 9.17) is 9.47 Å². The van der Waals surface area contributed by atoms with E-state index in [0.29, 0.717) is 5.75 Å². The molecule has 3 aromatic carbocycles. The molecule has 1 amide bonds. The van der Waals surface area contributed by atoms with Crippen LogP contribution < -0.4 is 14.2 Å². The molecular weight excluding hydrogens is 594 g/mol. The molecule has 3 atom stereocenters. The largest absolute Gasteiger partial charge is 0.497 e. The van der Waals surface area contributed by atoms with E-state index in [1.54, 1.807) is 31.2 Å². The number of methoxy groups -OCH3 is 1. The summed E-state index contributed by atoms with van der Waals surface area (Å²) in [4.78, 5) is 15.4. The number of benzene rings is 3. The van der Waals surface area contributed by atoms with Crippen LogP contribution in [0, 0.1) is 12.8 Å². The molecule has 0 fully saturated rings. The third-order valence-corrected chi connectivity index (χ3v) is 10.7. The van der Waals surface area contributed by atoms with Crippen LogP contribution in [0.25, 0.3) is 0 Å². The Morgan fingerprint density at radius 2 is 1.67 bits per heavy atom. The number of carbonyl (C=O) groups excluding carboxylic acids is 1. The van der Waals surface area contributed by atoms with E-state index in [1.165, 1.54) is 65.8 Å². The van der Waals surface area contributed by atoms with Gasteiger partial charge in [0.25, 0.3) is 15.9 Å². The van der Waals surface area contributed by atoms with Crippen molar-refractivity contribution >= 4 is 31.6 Å². The van der Waals surface area contributed by atoms with Gasteiger partial charge in [0.2, 0.25) is 10.0 Å². The number of fused-ring (bicyclic) bond motifs is 1. The first kappa shape index (κ1) is 32.3. The van der Waals surface area contributed by atoms with Crippen molar-refractivity contribution in [2.45, 2.75) is 42.7 Å².